The highest BCUT2D eigenvalue weighted by Gasteiger charge is 2.31. The van der Waals surface area contributed by atoms with Gasteiger partial charge in [0.05, 0.1) is 18.1 Å². The molecule has 3 rings (SSSR count). The molecular weight excluding hydrogens is 446 g/mol. The van der Waals surface area contributed by atoms with Crippen molar-refractivity contribution >= 4 is 56.2 Å². The van der Waals surface area contributed by atoms with Crippen LogP contribution in [0.3, 0.4) is 0 Å². The number of benzene rings is 2. The van der Waals surface area contributed by atoms with Crippen LogP contribution in [0.1, 0.15) is 11.1 Å². The van der Waals surface area contributed by atoms with Crippen LogP contribution in [0.5, 0.6) is 5.75 Å². The van der Waals surface area contributed by atoms with E-state index in [-0.39, 0.29) is 5.91 Å². The van der Waals surface area contributed by atoms with Crippen LogP contribution in [0.2, 0.25) is 0 Å². The molecule has 2 aromatic rings. The van der Waals surface area contributed by atoms with E-state index >= 15 is 0 Å². The second kappa shape index (κ2) is 9.50. The normalized spacial score (nSPS) is 15.6. The molecule has 4 nitrogen and oxygen atoms in total. The highest BCUT2D eigenvalue weighted by Crippen LogP contribution is 2.32. The van der Waals surface area contributed by atoms with Crippen molar-refractivity contribution in [3.05, 3.63) is 69.0 Å². The van der Waals surface area contributed by atoms with Gasteiger partial charge < -0.3 is 9.47 Å². The van der Waals surface area contributed by atoms with Crippen molar-refractivity contribution in [2.24, 2.45) is 0 Å². The number of hydrogen-bond acceptors (Lipinski definition) is 5. The van der Waals surface area contributed by atoms with Gasteiger partial charge in [0.2, 0.25) is 0 Å². The Balaban J connectivity index is 1.61. The van der Waals surface area contributed by atoms with Gasteiger partial charge in [-0.05, 0) is 41.5 Å². The smallest absolute Gasteiger partial charge is 0.266 e. The first-order chi connectivity index (χ1) is 13.1. The summed E-state index contributed by atoms with van der Waals surface area (Å²) in [7, 11) is 1.61. The van der Waals surface area contributed by atoms with E-state index in [1.165, 1.54) is 11.8 Å². The molecule has 0 aromatic heterocycles. The molecule has 0 radical (unpaired) electrons. The van der Waals surface area contributed by atoms with Crippen LogP contribution in [0.25, 0.3) is 6.08 Å². The number of rotatable bonds is 7. The Kier molecular flexibility index (Phi) is 7.07. The second-order valence-corrected chi connectivity index (χ2v) is 8.40. The van der Waals surface area contributed by atoms with Crippen molar-refractivity contribution in [1.29, 1.82) is 0 Å². The first kappa shape index (κ1) is 20.1. The SMILES string of the molecule is COCCN1C(=O)C(=Cc2ccc(OCc3ccc(Br)cc3)cc2)SC1=S. The highest BCUT2D eigenvalue weighted by molar-refractivity contribution is 9.10. The lowest BCUT2D eigenvalue weighted by Crippen LogP contribution is -2.31. The van der Waals surface area contributed by atoms with E-state index in [1.807, 2.05) is 54.6 Å². The molecule has 0 spiro atoms. The molecule has 1 aliphatic heterocycles. The fourth-order valence-electron chi connectivity index (χ4n) is 2.43. The number of nitrogens with zero attached hydrogens (tertiary/aromatic N) is 1. The average Bonchev–Trinajstić information content (AvgIpc) is 2.94. The van der Waals surface area contributed by atoms with Gasteiger partial charge in [-0.2, -0.15) is 0 Å². The largest absolute Gasteiger partial charge is 0.489 e. The summed E-state index contributed by atoms with van der Waals surface area (Å²) >= 11 is 10.0. The van der Waals surface area contributed by atoms with Crippen molar-refractivity contribution in [2.75, 3.05) is 20.3 Å². The van der Waals surface area contributed by atoms with Gasteiger partial charge in [0, 0.05) is 11.6 Å². The lowest BCUT2D eigenvalue weighted by molar-refractivity contribution is -0.122. The molecule has 0 unspecified atom stereocenters. The van der Waals surface area contributed by atoms with Gasteiger partial charge in [-0.1, -0.05) is 64.2 Å². The number of thiocarbonyl (C=S) groups is 1. The molecule has 0 atom stereocenters. The maximum Gasteiger partial charge on any atom is 0.266 e. The lowest BCUT2D eigenvalue weighted by atomic mass is 10.2. The third-order valence-electron chi connectivity index (χ3n) is 3.89. The Morgan fingerprint density at radius 3 is 2.52 bits per heavy atom. The molecule has 140 valence electrons. The predicted molar refractivity (Wildman–Crippen MR) is 117 cm³/mol. The molecular formula is C20H18BrNO3S2. The van der Waals surface area contributed by atoms with Gasteiger partial charge >= 0.3 is 0 Å². The molecule has 2 aromatic carbocycles. The van der Waals surface area contributed by atoms with E-state index in [4.69, 9.17) is 21.7 Å². The average molecular weight is 464 g/mol. The van der Waals surface area contributed by atoms with Crippen LogP contribution in [-0.4, -0.2) is 35.4 Å². The van der Waals surface area contributed by atoms with Crippen molar-refractivity contribution in [1.82, 2.24) is 4.90 Å². The first-order valence-corrected chi connectivity index (χ1v) is 10.3. The van der Waals surface area contributed by atoms with Gasteiger partial charge in [0.15, 0.2) is 0 Å². The summed E-state index contributed by atoms with van der Waals surface area (Å²) in [6.45, 7) is 1.44. The number of halogens is 1. The lowest BCUT2D eigenvalue weighted by Gasteiger charge is -2.12. The van der Waals surface area contributed by atoms with E-state index in [0.29, 0.717) is 29.0 Å². The van der Waals surface area contributed by atoms with Gasteiger partial charge in [-0.3, -0.25) is 9.69 Å². The van der Waals surface area contributed by atoms with Crippen LogP contribution in [0.4, 0.5) is 0 Å². The minimum atomic E-state index is -0.0717. The zero-order valence-electron chi connectivity index (χ0n) is 14.7. The fraction of sp³-hybridized carbons (Fsp3) is 0.200. The monoisotopic (exact) mass is 463 g/mol. The zero-order valence-corrected chi connectivity index (χ0v) is 17.9. The number of carbonyl (C=O) groups is 1. The van der Waals surface area contributed by atoms with Crippen LogP contribution in [0.15, 0.2) is 57.9 Å². The number of amides is 1. The van der Waals surface area contributed by atoms with E-state index in [2.05, 4.69) is 15.9 Å². The van der Waals surface area contributed by atoms with Crippen molar-refractivity contribution < 1.29 is 14.3 Å². The Hall–Kier alpha value is -1.67. The highest BCUT2D eigenvalue weighted by atomic mass is 79.9. The molecule has 0 aliphatic carbocycles. The predicted octanol–water partition coefficient (Wildman–Crippen LogP) is 4.88. The van der Waals surface area contributed by atoms with Crippen molar-refractivity contribution in [3.63, 3.8) is 0 Å². The number of carbonyl (C=O) groups excluding carboxylic acids is 1. The van der Waals surface area contributed by atoms with E-state index in [9.17, 15) is 4.79 Å². The summed E-state index contributed by atoms with van der Waals surface area (Å²) in [5.74, 6) is 0.709. The van der Waals surface area contributed by atoms with Crippen LogP contribution >= 0.6 is 39.9 Å². The first-order valence-electron chi connectivity index (χ1n) is 8.28. The van der Waals surface area contributed by atoms with Gasteiger partial charge in [0.1, 0.15) is 16.7 Å². The maximum absolute atomic E-state index is 12.4. The molecule has 0 saturated carbocycles. The molecule has 1 aliphatic rings. The summed E-state index contributed by atoms with van der Waals surface area (Å²) in [6.07, 6.45) is 1.85. The summed E-state index contributed by atoms with van der Waals surface area (Å²) in [5, 5.41) is 0. The number of thioether (sulfide) groups is 1. The third-order valence-corrected chi connectivity index (χ3v) is 5.80. The Morgan fingerprint density at radius 2 is 1.85 bits per heavy atom. The Morgan fingerprint density at radius 1 is 1.15 bits per heavy atom. The molecule has 1 heterocycles. The summed E-state index contributed by atoms with van der Waals surface area (Å²) in [5.41, 5.74) is 2.03. The molecule has 1 amide bonds. The van der Waals surface area contributed by atoms with E-state index in [0.717, 1.165) is 21.3 Å². The maximum atomic E-state index is 12.4. The number of ether oxygens (including phenoxy) is 2. The molecule has 27 heavy (non-hydrogen) atoms. The molecule has 0 bridgehead atoms. The van der Waals surface area contributed by atoms with E-state index < -0.39 is 0 Å². The van der Waals surface area contributed by atoms with Crippen molar-refractivity contribution in [3.8, 4) is 5.75 Å². The zero-order chi connectivity index (χ0) is 19.2. The number of methoxy groups -OCH3 is 1. The standard InChI is InChI=1S/C20H18BrNO3S2/c1-24-11-10-22-19(23)18(27-20(22)26)12-14-4-8-17(9-5-14)25-13-15-2-6-16(21)7-3-15/h2-9,12H,10-11,13H2,1H3. The van der Waals surface area contributed by atoms with Gasteiger partial charge in [-0.15, -0.1) is 0 Å². The quantitative estimate of drug-likeness (QED) is 0.432. The van der Waals surface area contributed by atoms with Crippen molar-refractivity contribution in [2.45, 2.75) is 6.61 Å². The molecule has 1 saturated heterocycles. The molecule has 0 N–H and O–H groups in total. The Labute approximate surface area is 176 Å². The van der Waals surface area contributed by atoms with Crippen LogP contribution in [0, 0.1) is 0 Å². The minimum Gasteiger partial charge on any atom is -0.489 e. The van der Waals surface area contributed by atoms with Crippen LogP contribution < -0.4 is 4.74 Å². The fourth-order valence-corrected chi connectivity index (χ4v) is 4.01. The second-order valence-electron chi connectivity index (χ2n) is 5.81. The molecule has 1 fully saturated rings. The summed E-state index contributed by atoms with van der Waals surface area (Å²) in [6, 6.07) is 15.7. The minimum absolute atomic E-state index is 0.0717. The van der Waals surface area contributed by atoms with Gasteiger partial charge in [-0.25, -0.2) is 0 Å². The van der Waals surface area contributed by atoms with E-state index in [1.54, 1.807) is 12.0 Å². The Bertz CT molecular complexity index is 851. The topological polar surface area (TPSA) is 38.8 Å². The molecule has 7 heteroatoms. The third kappa shape index (κ3) is 5.42. The number of hydrogen-bond donors (Lipinski definition) is 0. The summed E-state index contributed by atoms with van der Waals surface area (Å²) < 4.78 is 12.4. The summed E-state index contributed by atoms with van der Waals surface area (Å²) in [4.78, 5) is 14.6. The van der Waals surface area contributed by atoms with Crippen LogP contribution in [-0.2, 0) is 16.1 Å². The van der Waals surface area contributed by atoms with Gasteiger partial charge in [0.25, 0.3) is 5.91 Å².